The van der Waals surface area contributed by atoms with Crippen molar-refractivity contribution >= 4 is 12.2 Å². The number of rotatable bonds is 3. The van der Waals surface area contributed by atoms with Crippen molar-refractivity contribution in [1.29, 1.82) is 0 Å². The summed E-state index contributed by atoms with van der Waals surface area (Å²) in [4.78, 5) is 3.31. The van der Waals surface area contributed by atoms with E-state index in [0.29, 0.717) is 5.92 Å². The Morgan fingerprint density at radius 2 is 1.76 bits per heavy atom. The lowest BCUT2D eigenvalue weighted by molar-refractivity contribution is 0.816. The van der Waals surface area contributed by atoms with E-state index in [9.17, 15) is 0 Å². The SMILES string of the molecule is CC(C)c1ccc(Cc2ccccc2)c(=S)[nH]1. The van der Waals surface area contributed by atoms with Gasteiger partial charge in [-0.25, -0.2) is 0 Å². The molecule has 2 aromatic rings. The van der Waals surface area contributed by atoms with Crippen molar-refractivity contribution in [3.8, 4) is 0 Å². The zero-order valence-corrected chi connectivity index (χ0v) is 11.1. The molecule has 0 aliphatic heterocycles. The predicted octanol–water partition coefficient (Wildman–Crippen LogP) is 4.46. The van der Waals surface area contributed by atoms with Gasteiger partial charge in [0.2, 0.25) is 0 Å². The first-order valence-electron chi connectivity index (χ1n) is 5.93. The van der Waals surface area contributed by atoms with E-state index in [1.165, 1.54) is 16.8 Å². The number of pyridine rings is 1. The summed E-state index contributed by atoms with van der Waals surface area (Å²) in [7, 11) is 0. The third-order valence-corrected chi connectivity index (χ3v) is 3.24. The largest absolute Gasteiger partial charge is 0.350 e. The molecule has 0 radical (unpaired) electrons. The molecule has 1 aromatic carbocycles. The molecule has 0 spiro atoms. The summed E-state index contributed by atoms with van der Waals surface area (Å²) in [5.41, 5.74) is 3.69. The number of hydrogen-bond donors (Lipinski definition) is 1. The molecule has 0 amide bonds. The molecule has 0 unspecified atom stereocenters. The van der Waals surface area contributed by atoms with Gasteiger partial charge in [-0.05, 0) is 23.1 Å². The molecule has 88 valence electrons. The van der Waals surface area contributed by atoms with E-state index in [-0.39, 0.29) is 0 Å². The van der Waals surface area contributed by atoms with E-state index < -0.39 is 0 Å². The van der Waals surface area contributed by atoms with Gasteiger partial charge >= 0.3 is 0 Å². The van der Waals surface area contributed by atoms with Crippen LogP contribution in [0.15, 0.2) is 42.5 Å². The van der Waals surface area contributed by atoms with Crippen LogP contribution in [0.3, 0.4) is 0 Å². The number of aromatic nitrogens is 1. The van der Waals surface area contributed by atoms with Gasteiger partial charge in [0, 0.05) is 12.1 Å². The normalized spacial score (nSPS) is 10.8. The number of benzene rings is 1. The summed E-state index contributed by atoms with van der Waals surface area (Å²) >= 11 is 5.40. The van der Waals surface area contributed by atoms with Gasteiger partial charge in [0.15, 0.2) is 0 Å². The third kappa shape index (κ3) is 3.04. The predicted molar refractivity (Wildman–Crippen MR) is 75.0 cm³/mol. The van der Waals surface area contributed by atoms with E-state index in [1.54, 1.807) is 0 Å². The Morgan fingerprint density at radius 3 is 2.35 bits per heavy atom. The Kier molecular flexibility index (Phi) is 3.75. The van der Waals surface area contributed by atoms with E-state index >= 15 is 0 Å². The monoisotopic (exact) mass is 243 g/mol. The van der Waals surface area contributed by atoms with Crippen LogP contribution in [0.1, 0.15) is 36.6 Å². The Bertz CT molecular complexity index is 540. The average Bonchev–Trinajstić information content (AvgIpc) is 2.33. The van der Waals surface area contributed by atoms with Gasteiger partial charge in [0.25, 0.3) is 0 Å². The molecule has 2 heteroatoms. The zero-order chi connectivity index (χ0) is 12.3. The molecule has 0 saturated heterocycles. The lowest BCUT2D eigenvalue weighted by atomic mass is 10.0. The Labute approximate surface area is 108 Å². The fourth-order valence-electron chi connectivity index (χ4n) is 1.81. The Hall–Kier alpha value is -1.41. The second-order valence-electron chi connectivity index (χ2n) is 4.59. The summed E-state index contributed by atoms with van der Waals surface area (Å²) < 4.78 is 0.861. The van der Waals surface area contributed by atoms with Gasteiger partial charge in [-0.3, -0.25) is 0 Å². The van der Waals surface area contributed by atoms with Crippen LogP contribution in [0.4, 0.5) is 0 Å². The summed E-state index contributed by atoms with van der Waals surface area (Å²) in [6.45, 7) is 4.33. The van der Waals surface area contributed by atoms with Crippen molar-refractivity contribution in [2.24, 2.45) is 0 Å². The first kappa shape index (κ1) is 12.1. The molecule has 0 aliphatic carbocycles. The molecule has 17 heavy (non-hydrogen) atoms. The summed E-state index contributed by atoms with van der Waals surface area (Å²) in [5.74, 6) is 0.488. The maximum atomic E-state index is 5.40. The maximum Gasteiger partial charge on any atom is 0.106 e. The van der Waals surface area contributed by atoms with Gasteiger partial charge < -0.3 is 4.98 Å². The first-order valence-corrected chi connectivity index (χ1v) is 6.33. The molecule has 0 saturated carbocycles. The number of nitrogens with one attached hydrogen (secondary N) is 1. The first-order chi connectivity index (χ1) is 8.16. The van der Waals surface area contributed by atoms with Crippen LogP contribution < -0.4 is 0 Å². The molecule has 0 atom stereocenters. The molecule has 1 nitrogen and oxygen atoms in total. The van der Waals surface area contributed by atoms with Gasteiger partial charge in [-0.2, -0.15) is 0 Å². The topological polar surface area (TPSA) is 15.8 Å². The number of H-pyrrole nitrogens is 1. The van der Waals surface area contributed by atoms with Crippen molar-refractivity contribution in [2.75, 3.05) is 0 Å². The van der Waals surface area contributed by atoms with Crippen molar-refractivity contribution < 1.29 is 0 Å². The lowest BCUT2D eigenvalue weighted by Gasteiger charge is -2.08. The highest BCUT2D eigenvalue weighted by Gasteiger charge is 2.02. The van der Waals surface area contributed by atoms with Gasteiger partial charge in [0.05, 0.1) is 0 Å². The fourth-order valence-corrected chi connectivity index (χ4v) is 2.07. The molecular weight excluding hydrogens is 226 g/mol. The maximum absolute atomic E-state index is 5.40. The second kappa shape index (κ2) is 5.28. The van der Waals surface area contributed by atoms with Crippen LogP contribution in [0.25, 0.3) is 0 Å². The quantitative estimate of drug-likeness (QED) is 0.787. The number of aromatic amines is 1. The summed E-state index contributed by atoms with van der Waals surface area (Å²) in [5, 5.41) is 0. The average molecular weight is 243 g/mol. The smallest absolute Gasteiger partial charge is 0.106 e. The molecule has 0 aliphatic rings. The minimum atomic E-state index is 0.488. The molecule has 0 fully saturated rings. The molecule has 0 bridgehead atoms. The standard InChI is InChI=1S/C15H17NS/c1-11(2)14-9-8-13(15(17)16-14)10-12-6-4-3-5-7-12/h3-9,11H,10H2,1-2H3,(H,16,17). The van der Waals surface area contributed by atoms with Crippen LogP contribution in [0, 0.1) is 4.64 Å². The van der Waals surface area contributed by atoms with Crippen LogP contribution in [0.2, 0.25) is 0 Å². The fraction of sp³-hybridized carbons (Fsp3) is 0.267. The van der Waals surface area contributed by atoms with Crippen molar-refractivity contribution in [3.63, 3.8) is 0 Å². The Morgan fingerprint density at radius 1 is 1.06 bits per heavy atom. The van der Waals surface area contributed by atoms with Gasteiger partial charge in [0.1, 0.15) is 4.64 Å². The van der Waals surface area contributed by atoms with Crippen molar-refractivity contribution in [2.45, 2.75) is 26.2 Å². The van der Waals surface area contributed by atoms with Crippen LogP contribution in [-0.2, 0) is 6.42 Å². The summed E-state index contributed by atoms with van der Waals surface area (Å²) in [6.07, 6.45) is 0.897. The molecular formula is C15H17NS. The highest BCUT2D eigenvalue weighted by atomic mass is 32.1. The third-order valence-electron chi connectivity index (χ3n) is 2.87. The van der Waals surface area contributed by atoms with E-state index in [0.717, 1.165) is 11.1 Å². The minimum absolute atomic E-state index is 0.488. The van der Waals surface area contributed by atoms with Gasteiger partial charge in [-0.15, -0.1) is 0 Å². The molecule has 1 N–H and O–H groups in total. The van der Waals surface area contributed by atoms with E-state index in [4.69, 9.17) is 12.2 Å². The lowest BCUT2D eigenvalue weighted by Crippen LogP contribution is -1.97. The van der Waals surface area contributed by atoms with Crippen molar-refractivity contribution in [1.82, 2.24) is 4.98 Å². The van der Waals surface area contributed by atoms with E-state index in [1.807, 2.05) is 6.07 Å². The van der Waals surface area contributed by atoms with Crippen LogP contribution >= 0.6 is 12.2 Å². The van der Waals surface area contributed by atoms with Crippen LogP contribution in [-0.4, -0.2) is 4.98 Å². The highest BCUT2D eigenvalue weighted by molar-refractivity contribution is 7.71. The second-order valence-corrected chi connectivity index (χ2v) is 4.99. The van der Waals surface area contributed by atoms with Crippen molar-refractivity contribution in [3.05, 3.63) is 63.9 Å². The number of hydrogen-bond acceptors (Lipinski definition) is 1. The summed E-state index contributed by atoms with van der Waals surface area (Å²) in [6, 6.07) is 14.7. The Balaban J connectivity index is 2.26. The molecule has 1 aromatic heterocycles. The molecule has 1 heterocycles. The highest BCUT2D eigenvalue weighted by Crippen LogP contribution is 2.15. The van der Waals surface area contributed by atoms with E-state index in [2.05, 4.69) is 55.2 Å². The van der Waals surface area contributed by atoms with Gasteiger partial charge in [-0.1, -0.05) is 62.5 Å². The zero-order valence-electron chi connectivity index (χ0n) is 10.2. The molecule has 2 rings (SSSR count). The minimum Gasteiger partial charge on any atom is -0.350 e. The van der Waals surface area contributed by atoms with Crippen LogP contribution in [0.5, 0.6) is 0 Å².